The van der Waals surface area contributed by atoms with Gasteiger partial charge in [0.25, 0.3) is 11.9 Å². The van der Waals surface area contributed by atoms with Crippen LogP contribution >= 0.6 is 21.6 Å². The first-order chi connectivity index (χ1) is 9.38. The average Bonchev–Trinajstić information content (AvgIpc) is 2.30. The van der Waals surface area contributed by atoms with Crippen molar-refractivity contribution in [2.75, 3.05) is 0 Å². The van der Waals surface area contributed by atoms with E-state index in [-0.39, 0.29) is 0 Å². The maximum absolute atomic E-state index is 11.1. The molecule has 2 rings (SSSR count). The number of aromatic hydroxyl groups is 2. The lowest BCUT2D eigenvalue weighted by Crippen LogP contribution is -1.99. The van der Waals surface area contributed by atoms with Crippen molar-refractivity contribution in [2.24, 2.45) is 0 Å². The van der Waals surface area contributed by atoms with Crippen LogP contribution in [0.15, 0.2) is 40.3 Å². The highest BCUT2D eigenvalue weighted by Gasteiger charge is 2.15. The molecular weight excluding hydrogens is 304 g/mol. The van der Waals surface area contributed by atoms with Crippen molar-refractivity contribution in [3.8, 4) is 11.9 Å². The van der Waals surface area contributed by atoms with Crippen molar-refractivity contribution in [1.29, 1.82) is 0 Å². The molecule has 0 amide bonds. The Labute approximate surface area is 120 Å². The fraction of sp³-hybridized carbons (Fsp3) is 0.167. The molecule has 0 unspecified atom stereocenters. The van der Waals surface area contributed by atoms with Gasteiger partial charge in [-0.3, -0.25) is 0 Å². The molecule has 2 aromatic rings. The lowest BCUT2D eigenvalue weighted by Gasteiger charge is -2.07. The maximum atomic E-state index is 11.1. The number of hydrogen-bond acceptors (Lipinski definition) is 8. The Bertz CT molecular complexity index is 644. The van der Waals surface area contributed by atoms with Gasteiger partial charge in [0, 0.05) is 12.1 Å². The first-order valence-corrected chi connectivity index (χ1v) is 7.55. The van der Waals surface area contributed by atoms with E-state index in [4.69, 9.17) is 0 Å². The molecule has 2 heterocycles. The molecule has 2 N–H and O–H groups in total. The first kappa shape index (κ1) is 14.6. The smallest absolute Gasteiger partial charge is 0.338 e. The Morgan fingerprint density at radius 2 is 1.20 bits per heavy atom. The van der Waals surface area contributed by atoms with Gasteiger partial charge in [-0.15, -0.1) is 0 Å². The Kier molecular flexibility index (Phi) is 4.15. The van der Waals surface area contributed by atoms with Crippen LogP contribution < -0.4 is 11.3 Å². The Morgan fingerprint density at radius 1 is 0.850 bits per heavy atom. The highest BCUT2D eigenvalue weighted by atomic mass is 33.1. The van der Waals surface area contributed by atoms with E-state index in [2.05, 4.69) is 8.83 Å². The van der Waals surface area contributed by atoms with Crippen LogP contribution in [0.5, 0.6) is 11.9 Å². The van der Waals surface area contributed by atoms with Gasteiger partial charge in [0.05, 0.1) is 0 Å². The second-order valence-electron chi connectivity index (χ2n) is 3.93. The molecule has 8 heteroatoms. The summed E-state index contributed by atoms with van der Waals surface area (Å²) in [6.45, 7) is 3.30. The summed E-state index contributed by atoms with van der Waals surface area (Å²) in [5, 5.41) is 19.2. The SMILES string of the molecule is Cc1cc(=O)oc(O)c1SSc1c(C)cc(=O)oc1O. The predicted molar refractivity (Wildman–Crippen MR) is 74.5 cm³/mol. The fourth-order valence-corrected chi connectivity index (χ4v) is 3.94. The Balaban J connectivity index is 2.30. The van der Waals surface area contributed by atoms with Crippen LogP contribution in [-0.4, -0.2) is 10.2 Å². The van der Waals surface area contributed by atoms with Crippen LogP contribution in [0.2, 0.25) is 0 Å². The first-order valence-electron chi connectivity index (χ1n) is 5.40. The van der Waals surface area contributed by atoms with Crippen molar-refractivity contribution >= 4 is 21.6 Å². The minimum Gasteiger partial charge on any atom is -0.480 e. The topological polar surface area (TPSA) is 101 Å². The van der Waals surface area contributed by atoms with Gasteiger partial charge in [-0.05, 0) is 46.6 Å². The summed E-state index contributed by atoms with van der Waals surface area (Å²) in [6, 6.07) is 2.50. The maximum Gasteiger partial charge on any atom is 0.338 e. The molecule has 6 nitrogen and oxygen atoms in total. The minimum absolute atomic E-state index is 0.361. The van der Waals surface area contributed by atoms with Gasteiger partial charge in [-0.25, -0.2) is 9.59 Å². The normalized spacial score (nSPS) is 10.7. The molecule has 0 saturated heterocycles. The third kappa shape index (κ3) is 3.02. The van der Waals surface area contributed by atoms with E-state index in [1.165, 1.54) is 12.1 Å². The minimum atomic E-state index is -0.640. The summed E-state index contributed by atoms with van der Waals surface area (Å²) < 4.78 is 9.17. The number of rotatable bonds is 3. The third-order valence-corrected chi connectivity index (χ3v) is 5.04. The van der Waals surface area contributed by atoms with E-state index >= 15 is 0 Å². The van der Waals surface area contributed by atoms with Crippen LogP contribution in [0.25, 0.3) is 0 Å². The molecule has 2 aromatic heterocycles. The van der Waals surface area contributed by atoms with Crippen molar-refractivity contribution in [2.45, 2.75) is 23.6 Å². The van der Waals surface area contributed by atoms with Crippen LogP contribution in [0.1, 0.15) is 11.1 Å². The molecule has 0 aliphatic heterocycles. The Hall–Kier alpha value is -1.80. The van der Waals surface area contributed by atoms with Crippen molar-refractivity contribution in [3.05, 3.63) is 44.1 Å². The highest BCUT2D eigenvalue weighted by Crippen LogP contribution is 2.45. The second-order valence-corrected chi connectivity index (χ2v) is 6.08. The number of aryl methyl sites for hydroxylation is 2. The van der Waals surface area contributed by atoms with Crippen LogP contribution in [0, 0.1) is 13.8 Å². The summed E-state index contributed by atoms with van der Waals surface area (Å²) in [5.41, 5.74) is -0.185. The number of hydrogen-bond donors (Lipinski definition) is 2. The molecule has 0 aliphatic rings. The molecule has 0 atom stereocenters. The van der Waals surface area contributed by atoms with E-state index in [0.29, 0.717) is 20.9 Å². The molecule has 0 aromatic carbocycles. The van der Waals surface area contributed by atoms with Crippen LogP contribution in [0.3, 0.4) is 0 Å². The van der Waals surface area contributed by atoms with E-state index in [0.717, 1.165) is 21.6 Å². The van der Waals surface area contributed by atoms with Crippen LogP contribution in [0.4, 0.5) is 0 Å². The largest absolute Gasteiger partial charge is 0.480 e. The van der Waals surface area contributed by atoms with E-state index < -0.39 is 23.1 Å². The van der Waals surface area contributed by atoms with Crippen molar-refractivity contribution in [1.82, 2.24) is 0 Å². The Morgan fingerprint density at radius 3 is 1.50 bits per heavy atom. The monoisotopic (exact) mass is 314 g/mol. The molecule has 0 spiro atoms. The van der Waals surface area contributed by atoms with Gasteiger partial charge >= 0.3 is 11.3 Å². The fourth-order valence-electron chi connectivity index (χ4n) is 1.45. The molecule has 0 aliphatic carbocycles. The molecule has 0 radical (unpaired) electrons. The van der Waals surface area contributed by atoms with Crippen molar-refractivity contribution in [3.63, 3.8) is 0 Å². The summed E-state index contributed by atoms with van der Waals surface area (Å²) in [4.78, 5) is 22.8. The molecule has 0 bridgehead atoms. The van der Waals surface area contributed by atoms with Gasteiger partial charge in [0.1, 0.15) is 9.79 Å². The molecule has 106 valence electrons. The van der Waals surface area contributed by atoms with E-state index in [9.17, 15) is 19.8 Å². The van der Waals surface area contributed by atoms with E-state index in [1.54, 1.807) is 13.8 Å². The lowest BCUT2D eigenvalue weighted by molar-refractivity contribution is 0.294. The third-order valence-electron chi connectivity index (χ3n) is 2.38. The molecule has 0 saturated carbocycles. The zero-order valence-electron chi connectivity index (χ0n) is 10.5. The predicted octanol–water partition coefficient (Wildman–Crippen LogP) is 2.42. The molecule has 0 fully saturated rings. The summed E-state index contributed by atoms with van der Waals surface area (Å²) >= 11 is 0. The summed E-state index contributed by atoms with van der Waals surface area (Å²) in [7, 11) is 2.16. The zero-order chi connectivity index (χ0) is 14.9. The quantitative estimate of drug-likeness (QED) is 0.833. The second kappa shape index (κ2) is 5.68. The van der Waals surface area contributed by atoms with Gasteiger partial charge < -0.3 is 19.0 Å². The highest BCUT2D eigenvalue weighted by molar-refractivity contribution is 8.76. The van der Waals surface area contributed by atoms with Gasteiger partial charge in [-0.2, -0.15) is 0 Å². The standard InChI is InChI=1S/C12H10O6S2/c1-5-3-7(13)17-11(15)9(5)19-20-10-6(2)4-8(14)18-12(10)16/h3-4,15-16H,1-2H3. The zero-order valence-corrected chi connectivity index (χ0v) is 12.1. The lowest BCUT2D eigenvalue weighted by atomic mass is 10.3. The summed E-state index contributed by atoms with van der Waals surface area (Å²) in [6.07, 6.45) is 0. The van der Waals surface area contributed by atoms with Gasteiger partial charge in [0.15, 0.2) is 0 Å². The molecular formula is C12H10O6S2. The van der Waals surface area contributed by atoms with Gasteiger partial charge in [0.2, 0.25) is 0 Å². The van der Waals surface area contributed by atoms with E-state index in [1.807, 2.05) is 0 Å². The average molecular weight is 314 g/mol. The van der Waals surface area contributed by atoms with Crippen LogP contribution in [-0.2, 0) is 0 Å². The summed E-state index contributed by atoms with van der Waals surface area (Å²) in [5.74, 6) is -0.968. The van der Waals surface area contributed by atoms with Crippen molar-refractivity contribution < 1.29 is 19.0 Å². The molecule has 20 heavy (non-hydrogen) atoms. The van der Waals surface area contributed by atoms with Gasteiger partial charge in [-0.1, -0.05) is 0 Å².